The van der Waals surface area contributed by atoms with Gasteiger partial charge in [-0.15, -0.1) is 0 Å². The van der Waals surface area contributed by atoms with Crippen molar-refractivity contribution in [2.24, 2.45) is 0 Å². The van der Waals surface area contributed by atoms with E-state index in [0.29, 0.717) is 0 Å². The molecule has 0 heterocycles. The Labute approximate surface area is 95.1 Å². The smallest absolute Gasteiger partial charge is 0.0607 e. The number of fused-ring (bicyclic) bond motifs is 1. The number of nitrogens with two attached hydrogens (primary N) is 1. The molecule has 88 valence electrons. The van der Waals surface area contributed by atoms with Crippen molar-refractivity contribution >= 4 is 5.69 Å². The SMILES string of the molecule is Nc1ccc2c(c1)CCC2NC(CO)CO. The second-order valence-electron chi connectivity index (χ2n) is 4.28. The lowest BCUT2D eigenvalue weighted by atomic mass is 10.1. The summed E-state index contributed by atoms with van der Waals surface area (Å²) in [5.41, 5.74) is 9.03. The maximum Gasteiger partial charge on any atom is 0.0607 e. The van der Waals surface area contributed by atoms with Crippen LogP contribution < -0.4 is 11.1 Å². The van der Waals surface area contributed by atoms with Crippen LogP contribution in [0.25, 0.3) is 0 Å². The predicted molar refractivity (Wildman–Crippen MR) is 63.0 cm³/mol. The molecule has 2 rings (SSSR count). The summed E-state index contributed by atoms with van der Waals surface area (Å²) in [7, 11) is 0. The van der Waals surface area contributed by atoms with Crippen LogP contribution in [0.1, 0.15) is 23.6 Å². The number of aryl methyl sites for hydroxylation is 1. The standard InChI is InChI=1S/C12H18N2O2/c13-9-2-3-11-8(5-9)1-4-12(11)14-10(6-15)7-16/h2-3,5,10,12,14-16H,1,4,6-7,13H2. The average molecular weight is 222 g/mol. The summed E-state index contributed by atoms with van der Waals surface area (Å²) in [5, 5.41) is 21.3. The zero-order chi connectivity index (χ0) is 11.5. The van der Waals surface area contributed by atoms with Gasteiger partial charge in [-0.1, -0.05) is 6.07 Å². The third kappa shape index (κ3) is 2.19. The highest BCUT2D eigenvalue weighted by atomic mass is 16.3. The number of hydrogen-bond acceptors (Lipinski definition) is 4. The lowest BCUT2D eigenvalue weighted by Crippen LogP contribution is -2.37. The Morgan fingerprint density at radius 3 is 2.81 bits per heavy atom. The Kier molecular flexibility index (Phi) is 3.43. The number of anilines is 1. The Morgan fingerprint density at radius 2 is 2.12 bits per heavy atom. The van der Waals surface area contributed by atoms with Crippen molar-refractivity contribution in [2.75, 3.05) is 18.9 Å². The van der Waals surface area contributed by atoms with Gasteiger partial charge in [0.2, 0.25) is 0 Å². The van der Waals surface area contributed by atoms with Gasteiger partial charge in [0.05, 0.1) is 19.3 Å². The first-order valence-corrected chi connectivity index (χ1v) is 5.60. The zero-order valence-electron chi connectivity index (χ0n) is 9.19. The molecule has 0 aromatic heterocycles. The molecule has 1 aromatic rings. The molecule has 0 bridgehead atoms. The first kappa shape index (κ1) is 11.4. The van der Waals surface area contributed by atoms with Crippen molar-refractivity contribution in [3.05, 3.63) is 29.3 Å². The molecule has 5 N–H and O–H groups in total. The minimum atomic E-state index is -0.242. The Balaban J connectivity index is 2.11. The molecule has 1 unspecified atom stereocenters. The first-order chi connectivity index (χ1) is 7.74. The van der Waals surface area contributed by atoms with Gasteiger partial charge in [0.1, 0.15) is 0 Å². The van der Waals surface area contributed by atoms with Gasteiger partial charge in [0.15, 0.2) is 0 Å². The molecule has 0 saturated heterocycles. The lowest BCUT2D eigenvalue weighted by Gasteiger charge is -2.20. The second kappa shape index (κ2) is 4.82. The average Bonchev–Trinajstić information content (AvgIpc) is 2.68. The van der Waals surface area contributed by atoms with E-state index in [9.17, 15) is 0 Å². The first-order valence-electron chi connectivity index (χ1n) is 5.60. The zero-order valence-corrected chi connectivity index (χ0v) is 9.19. The number of nitrogens with one attached hydrogen (secondary N) is 1. The van der Waals surface area contributed by atoms with Gasteiger partial charge in [-0.2, -0.15) is 0 Å². The van der Waals surface area contributed by atoms with E-state index in [1.165, 1.54) is 11.1 Å². The maximum absolute atomic E-state index is 9.04. The van der Waals surface area contributed by atoms with Crippen LogP contribution in [0.15, 0.2) is 18.2 Å². The van der Waals surface area contributed by atoms with E-state index < -0.39 is 0 Å². The quantitative estimate of drug-likeness (QED) is 0.549. The van der Waals surface area contributed by atoms with E-state index in [1.54, 1.807) is 0 Å². The summed E-state index contributed by atoms with van der Waals surface area (Å²) in [6.07, 6.45) is 2.00. The number of aliphatic hydroxyl groups is 2. The summed E-state index contributed by atoms with van der Waals surface area (Å²) in [6.45, 7) is -0.0887. The molecule has 0 aliphatic heterocycles. The van der Waals surface area contributed by atoms with E-state index >= 15 is 0 Å². The lowest BCUT2D eigenvalue weighted by molar-refractivity contribution is 0.162. The van der Waals surface area contributed by atoms with Crippen LogP contribution in [0.3, 0.4) is 0 Å². The second-order valence-corrected chi connectivity index (χ2v) is 4.28. The number of rotatable bonds is 4. The minimum absolute atomic E-state index is 0.0443. The Hall–Kier alpha value is -1.10. The van der Waals surface area contributed by atoms with Crippen molar-refractivity contribution in [1.82, 2.24) is 5.32 Å². The van der Waals surface area contributed by atoms with Crippen LogP contribution in [0, 0.1) is 0 Å². The monoisotopic (exact) mass is 222 g/mol. The van der Waals surface area contributed by atoms with Crippen LogP contribution >= 0.6 is 0 Å². The van der Waals surface area contributed by atoms with E-state index in [0.717, 1.165) is 18.5 Å². The molecule has 1 aliphatic carbocycles. The molecule has 0 amide bonds. The molecule has 16 heavy (non-hydrogen) atoms. The molecule has 4 heteroatoms. The van der Waals surface area contributed by atoms with Crippen LogP contribution in [0.5, 0.6) is 0 Å². The highest BCUT2D eigenvalue weighted by Crippen LogP contribution is 2.32. The molecular formula is C12H18N2O2. The van der Waals surface area contributed by atoms with Crippen molar-refractivity contribution in [2.45, 2.75) is 24.9 Å². The molecule has 4 nitrogen and oxygen atoms in total. The topological polar surface area (TPSA) is 78.5 Å². The van der Waals surface area contributed by atoms with Gasteiger partial charge in [0, 0.05) is 11.7 Å². The largest absolute Gasteiger partial charge is 0.399 e. The molecule has 0 radical (unpaired) electrons. The van der Waals surface area contributed by atoms with Crippen LogP contribution in [0.2, 0.25) is 0 Å². The van der Waals surface area contributed by atoms with Gasteiger partial charge in [-0.25, -0.2) is 0 Å². The fourth-order valence-electron chi connectivity index (χ4n) is 2.26. The number of benzene rings is 1. The van der Waals surface area contributed by atoms with Gasteiger partial charge in [-0.3, -0.25) is 0 Å². The summed E-state index contributed by atoms with van der Waals surface area (Å²) < 4.78 is 0. The molecule has 0 fully saturated rings. The van der Waals surface area contributed by atoms with Crippen molar-refractivity contribution in [3.8, 4) is 0 Å². The molecule has 1 aliphatic rings. The Bertz CT molecular complexity index is 364. The number of hydrogen-bond donors (Lipinski definition) is 4. The van der Waals surface area contributed by atoms with E-state index in [2.05, 4.69) is 5.32 Å². The third-order valence-electron chi connectivity index (χ3n) is 3.12. The number of aliphatic hydroxyl groups excluding tert-OH is 2. The third-order valence-corrected chi connectivity index (χ3v) is 3.12. The highest BCUT2D eigenvalue weighted by Gasteiger charge is 2.24. The summed E-state index contributed by atoms with van der Waals surface area (Å²) >= 11 is 0. The molecular weight excluding hydrogens is 204 g/mol. The van der Waals surface area contributed by atoms with Crippen LogP contribution in [-0.2, 0) is 6.42 Å². The predicted octanol–water partition coefficient (Wildman–Crippen LogP) is 0.199. The van der Waals surface area contributed by atoms with Crippen molar-refractivity contribution < 1.29 is 10.2 Å². The fraction of sp³-hybridized carbons (Fsp3) is 0.500. The Morgan fingerprint density at radius 1 is 1.38 bits per heavy atom. The van der Waals surface area contributed by atoms with Crippen molar-refractivity contribution in [1.29, 1.82) is 0 Å². The van der Waals surface area contributed by atoms with Gasteiger partial charge >= 0.3 is 0 Å². The van der Waals surface area contributed by atoms with Gasteiger partial charge in [0.25, 0.3) is 0 Å². The summed E-state index contributed by atoms with van der Waals surface area (Å²) in [5.74, 6) is 0. The van der Waals surface area contributed by atoms with Gasteiger partial charge < -0.3 is 21.3 Å². The summed E-state index contributed by atoms with van der Waals surface area (Å²) in [4.78, 5) is 0. The maximum atomic E-state index is 9.04. The van der Waals surface area contributed by atoms with Crippen molar-refractivity contribution in [3.63, 3.8) is 0 Å². The highest BCUT2D eigenvalue weighted by molar-refractivity contribution is 5.47. The minimum Gasteiger partial charge on any atom is -0.399 e. The van der Waals surface area contributed by atoms with Gasteiger partial charge in [-0.05, 0) is 36.1 Å². The van der Waals surface area contributed by atoms with E-state index in [-0.39, 0.29) is 25.3 Å². The normalized spacial score (nSPS) is 19.1. The molecule has 0 saturated carbocycles. The fourth-order valence-corrected chi connectivity index (χ4v) is 2.26. The van der Waals surface area contributed by atoms with Crippen LogP contribution in [0.4, 0.5) is 5.69 Å². The molecule has 0 spiro atoms. The summed E-state index contributed by atoms with van der Waals surface area (Å²) in [6, 6.07) is 5.91. The van der Waals surface area contributed by atoms with E-state index in [4.69, 9.17) is 15.9 Å². The van der Waals surface area contributed by atoms with E-state index in [1.807, 2.05) is 18.2 Å². The number of nitrogen functional groups attached to an aromatic ring is 1. The molecule has 1 aromatic carbocycles. The molecule has 1 atom stereocenters. The van der Waals surface area contributed by atoms with Crippen LogP contribution in [-0.4, -0.2) is 29.5 Å².